The first-order chi connectivity index (χ1) is 20.0. The molecule has 7 heteroatoms. The Morgan fingerprint density at radius 1 is 0.884 bits per heavy atom. The van der Waals surface area contributed by atoms with E-state index in [1.165, 1.54) is 23.7 Å². The minimum atomic E-state index is -1.94. The number of hydrogen-bond acceptors (Lipinski definition) is 5. The Labute approximate surface area is 269 Å². The molecule has 0 unspecified atom stereocenters. The molecule has 43 heavy (non-hydrogen) atoms. The van der Waals surface area contributed by atoms with E-state index in [1.54, 1.807) is 7.11 Å². The molecule has 0 bridgehead atoms. The summed E-state index contributed by atoms with van der Waals surface area (Å²) >= 11 is 0. The number of ether oxygens (including phenoxy) is 2. The minimum absolute atomic E-state index is 0.00172. The highest BCUT2D eigenvalue weighted by atomic mass is 28.4. The van der Waals surface area contributed by atoms with Crippen molar-refractivity contribution in [2.45, 2.75) is 143 Å². The van der Waals surface area contributed by atoms with Crippen LogP contribution in [0.4, 0.5) is 0 Å². The number of methoxy groups -OCH3 is 2. The lowest BCUT2D eigenvalue weighted by Crippen LogP contribution is -2.45. The molecule has 5 nitrogen and oxygen atoms in total. The van der Waals surface area contributed by atoms with Crippen molar-refractivity contribution in [3.05, 3.63) is 36.0 Å². The molecule has 0 N–H and O–H groups in total. The molecule has 0 heterocycles. The molecule has 0 aliphatic carbocycles. The molecule has 0 aromatic rings. The van der Waals surface area contributed by atoms with Crippen molar-refractivity contribution in [2.75, 3.05) is 27.4 Å². The minimum Gasteiger partial charge on any atom is -0.417 e. The molecule has 0 aliphatic heterocycles. The van der Waals surface area contributed by atoms with Crippen LogP contribution in [0.1, 0.15) is 94.9 Å². The fourth-order valence-corrected chi connectivity index (χ4v) is 9.29. The summed E-state index contributed by atoms with van der Waals surface area (Å²) in [6.07, 6.45) is 14.5. The SMILES string of the molecule is CC[Si](CC)(CC)OC[C@H](C)CC[C@@H](C[C@H](OC)/C(C)=C/C=C/C=C/[C@@H](C)C[C@@H](C)C(=O)COC)O[Si](C)(C)C(C)(C)C. The second-order valence-corrected chi connectivity index (χ2v) is 23.9. The molecule has 5 atom stereocenters. The quantitative estimate of drug-likeness (QED) is 0.0823. The lowest BCUT2D eigenvalue weighted by atomic mass is 9.94. The third-order valence-corrected chi connectivity index (χ3v) is 18.9. The van der Waals surface area contributed by atoms with Gasteiger partial charge in [-0.3, -0.25) is 4.79 Å². The molecular formula is C36H70O5Si2. The lowest BCUT2D eigenvalue weighted by molar-refractivity contribution is -0.126. The van der Waals surface area contributed by atoms with Crippen molar-refractivity contribution in [3.8, 4) is 0 Å². The van der Waals surface area contributed by atoms with Crippen molar-refractivity contribution in [3.63, 3.8) is 0 Å². The highest BCUT2D eigenvalue weighted by Gasteiger charge is 2.39. The molecule has 0 fully saturated rings. The monoisotopic (exact) mass is 638 g/mol. The van der Waals surface area contributed by atoms with E-state index in [0.29, 0.717) is 11.8 Å². The van der Waals surface area contributed by atoms with Gasteiger partial charge in [-0.1, -0.05) is 92.7 Å². The van der Waals surface area contributed by atoms with E-state index in [2.05, 4.69) is 106 Å². The van der Waals surface area contributed by atoms with Crippen LogP contribution in [-0.2, 0) is 23.1 Å². The van der Waals surface area contributed by atoms with Crippen LogP contribution in [0.2, 0.25) is 36.3 Å². The Bertz CT molecular complexity index is 846. The molecule has 0 saturated heterocycles. The summed E-state index contributed by atoms with van der Waals surface area (Å²) in [7, 11) is -0.132. The third-order valence-electron chi connectivity index (χ3n) is 9.71. The molecule has 0 aliphatic rings. The normalized spacial score (nSPS) is 17.4. The van der Waals surface area contributed by atoms with Crippen LogP contribution >= 0.6 is 0 Å². The maximum absolute atomic E-state index is 12.0. The molecule has 0 rings (SSSR count). The highest BCUT2D eigenvalue weighted by Crippen LogP contribution is 2.39. The molecule has 0 saturated carbocycles. The van der Waals surface area contributed by atoms with Crippen LogP contribution in [0, 0.1) is 17.8 Å². The summed E-state index contributed by atoms with van der Waals surface area (Å²) < 4.78 is 24.6. The van der Waals surface area contributed by atoms with Crippen molar-refractivity contribution >= 4 is 22.4 Å². The Morgan fingerprint density at radius 2 is 1.49 bits per heavy atom. The molecule has 0 aromatic carbocycles. The van der Waals surface area contributed by atoms with E-state index in [9.17, 15) is 4.79 Å². The average molecular weight is 639 g/mol. The van der Waals surface area contributed by atoms with Crippen molar-refractivity contribution in [2.24, 2.45) is 17.8 Å². The van der Waals surface area contributed by atoms with Crippen molar-refractivity contribution in [1.29, 1.82) is 0 Å². The number of Topliss-reactive ketones (excluding diaryl/α,β-unsaturated/α-hetero) is 1. The average Bonchev–Trinajstić information content (AvgIpc) is 2.94. The predicted octanol–water partition coefficient (Wildman–Crippen LogP) is 10.2. The topological polar surface area (TPSA) is 54.0 Å². The van der Waals surface area contributed by atoms with Gasteiger partial charge in [-0.05, 0) is 79.9 Å². The molecular weight excluding hydrogens is 569 g/mol. The van der Waals surface area contributed by atoms with E-state index in [-0.39, 0.29) is 35.6 Å². The summed E-state index contributed by atoms with van der Waals surface area (Å²) in [5, 5.41) is 0.156. The molecule has 0 aromatic heterocycles. The molecule has 0 amide bonds. The fraction of sp³-hybridized carbons (Fsp3) is 0.806. The van der Waals surface area contributed by atoms with Crippen LogP contribution < -0.4 is 0 Å². The van der Waals surface area contributed by atoms with Gasteiger partial charge in [-0.2, -0.15) is 0 Å². The predicted molar refractivity (Wildman–Crippen MR) is 191 cm³/mol. The van der Waals surface area contributed by atoms with E-state index < -0.39 is 16.6 Å². The van der Waals surface area contributed by atoms with Crippen LogP contribution in [0.5, 0.6) is 0 Å². The van der Waals surface area contributed by atoms with Gasteiger partial charge in [0.1, 0.15) is 6.61 Å². The van der Waals surface area contributed by atoms with Gasteiger partial charge >= 0.3 is 0 Å². The van der Waals surface area contributed by atoms with Crippen molar-refractivity contribution < 1.29 is 23.1 Å². The fourth-order valence-electron chi connectivity index (χ4n) is 5.14. The first kappa shape index (κ1) is 42.2. The van der Waals surface area contributed by atoms with Gasteiger partial charge in [0.2, 0.25) is 0 Å². The molecule has 252 valence electrons. The van der Waals surface area contributed by atoms with E-state index in [0.717, 1.165) is 32.3 Å². The van der Waals surface area contributed by atoms with Gasteiger partial charge in [0.05, 0.1) is 6.10 Å². The van der Waals surface area contributed by atoms with E-state index in [1.807, 2.05) is 14.0 Å². The second kappa shape index (κ2) is 21.1. The number of rotatable bonds is 23. The van der Waals surface area contributed by atoms with E-state index >= 15 is 0 Å². The lowest BCUT2D eigenvalue weighted by Gasteiger charge is -2.40. The largest absolute Gasteiger partial charge is 0.417 e. The number of hydrogen-bond donors (Lipinski definition) is 0. The van der Waals surface area contributed by atoms with E-state index in [4.69, 9.17) is 18.3 Å². The number of allylic oxidation sites excluding steroid dienone is 5. The maximum Gasteiger partial charge on any atom is 0.192 e. The maximum atomic E-state index is 12.0. The number of carbonyl (C=O) groups excluding carboxylic acids is 1. The van der Waals surface area contributed by atoms with Gasteiger partial charge in [-0.25, -0.2) is 0 Å². The number of ketones is 1. The Balaban J connectivity index is 5.43. The van der Waals surface area contributed by atoms with Gasteiger partial charge in [0.25, 0.3) is 0 Å². The molecule has 0 radical (unpaired) electrons. The first-order valence-corrected chi connectivity index (χ1v) is 22.3. The standard InChI is InChI=1S/C36H70O5Si2/c1-15-43(16-2,17-3)40-27-30(5)23-24-33(41-42(13,14)36(8,9)10)26-35(39-12)31(6)22-20-18-19-21-29(4)25-32(7)34(37)28-38-11/h18-22,29-30,32-33,35H,15-17,23-28H2,1-14H3/b20-18+,21-19+,31-22+/t29-,30-,32-,33+,35+/m1/s1. The Hall–Kier alpha value is -0.836. The third kappa shape index (κ3) is 16.3. The van der Waals surface area contributed by atoms with Crippen LogP contribution in [0.15, 0.2) is 36.0 Å². The highest BCUT2D eigenvalue weighted by molar-refractivity contribution is 6.74. The Kier molecular flexibility index (Phi) is 20.6. The molecule has 0 spiro atoms. The smallest absolute Gasteiger partial charge is 0.192 e. The number of carbonyl (C=O) groups is 1. The van der Waals surface area contributed by atoms with Crippen LogP contribution in [0.3, 0.4) is 0 Å². The zero-order chi connectivity index (χ0) is 33.3. The summed E-state index contributed by atoms with van der Waals surface area (Å²) in [6.45, 7) is 28.2. The zero-order valence-electron chi connectivity index (χ0n) is 30.7. The summed E-state index contributed by atoms with van der Waals surface area (Å²) in [6, 6.07) is 3.59. The first-order valence-electron chi connectivity index (χ1n) is 16.9. The van der Waals surface area contributed by atoms with Gasteiger partial charge in [0, 0.05) is 39.3 Å². The van der Waals surface area contributed by atoms with Crippen LogP contribution in [-0.4, -0.2) is 62.1 Å². The van der Waals surface area contributed by atoms with Crippen molar-refractivity contribution in [1.82, 2.24) is 0 Å². The summed E-state index contributed by atoms with van der Waals surface area (Å²) in [4.78, 5) is 12.0. The van der Waals surface area contributed by atoms with Crippen LogP contribution in [0.25, 0.3) is 0 Å². The second-order valence-electron chi connectivity index (χ2n) is 14.4. The summed E-state index contributed by atoms with van der Waals surface area (Å²) in [5.41, 5.74) is 1.20. The summed E-state index contributed by atoms with van der Waals surface area (Å²) in [5.74, 6) is 1.000. The van der Waals surface area contributed by atoms with Gasteiger partial charge < -0.3 is 18.3 Å². The van der Waals surface area contributed by atoms with Gasteiger partial charge in [0.15, 0.2) is 22.4 Å². The zero-order valence-corrected chi connectivity index (χ0v) is 32.7. The van der Waals surface area contributed by atoms with Gasteiger partial charge in [-0.15, -0.1) is 0 Å². The Morgan fingerprint density at radius 3 is 2.00 bits per heavy atom.